The molecule has 9 heteroatoms. The van der Waals surface area contributed by atoms with Gasteiger partial charge in [0.25, 0.3) is 0 Å². The van der Waals surface area contributed by atoms with Crippen molar-refractivity contribution in [2.24, 2.45) is 5.92 Å². The number of hydrogen-bond donors (Lipinski definition) is 1. The van der Waals surface area contributed by atoms with Crippen LogP contribution in [0.4, 0.5) is 14.5 Å². The zero-order valence-electron chi connectivity index (χ0n) is 13.7. The number of halogens is 2. The fourth-order valence-electron chi connectivity index (χ4n) is 2.85. The van der Waals surface area contributed by atoms with Crippen molar-refractivity contribution in [1.29, 1.82) is 0 Å². The summed E-state index contributed by atoms with van der Waals surface area (Å²) in [5.41, 5.74) is 0.613. The van der Waals surface area contributed by atoms with Crippen LogP contribution in [-0.4, -0.2) is 36.7 Å². The quantitative estimate of drug-likeness (QED) is 0.882. The Bertz CT molecular complexity index is 899. The summed E-state index contributed by atoms with van der Waals surface area (Å²) in [7, 11) is -4.14. The maximum absolute atomic E-state index is 13.8. The first-order valence-electron chi connectivity index (χ1n) is 8.04. The summed E-state index contributed by atoms with van der Waals surface area (Å²) in [5, 5.41) is 2.76. The van der Waals surface area contributed by atoms with Crippen LogP contribution in [0.2, 0.25) is 0 Å². The van der Waals surface area contributed by atoms with E-state index in [1.807, 2.05) is 0 Å². The lowest BCUT2D eigenvalue weighted by Crippen LogP contribution is -2.41. The number of rotatable bonds is 4. The molecule has 1 saturated heterocycles. The van der Waals surface area contributed by atoms with E-state index in [4.69, 9.17) is 0 Å². The molecule has 1 aliphatic rings. The predicted octanol–water partition coefficient (Wildman–Crippen LogP) is 2.40. The molecule has 1 aromatic heterocycles. The van der Waals surface area contributed by atoms with Gasteiger partial charge in [0.1, 0.15) is 16.5 Å². The van der Waals surface area contributed by atoms with Gasteiger partial charge in [-0.3, -0.25) is 9.78 Å². The van der Waals surface area contributed by atoms with Crippen LogP contribution in [0.1, 0.15) is 12.8 Å². The van der Waals surface area contributed by atoms with Gasteiger partial charge in [-0.15, -0.1) is 0 Å². The predicted molar refractivity (Wildman–Crippen MR) is 90.7 cm³/mol. The Morgan fingerprint density at radius 3 is 2.42 bits per heavy atom. The van der Waals surface area contributed by atoms with Gasteiger partial charge in [0.05, 0.1) is 0 Å². The van der Waals surface area contributed by atoms with E-state index in [2.05, 4.69) is 10.3 Å². The van der Waals surface area contributed by atoms with Crippen LogP contribution in [0, 0.1) is 17.6 Å². The normalized spacial score (nSPS) is 16.4. The lowest BCUT2D eigenvalue weighted by atomic mass is 9.97. The van der Waals surface area contributed by atoms with E-state index in [1.54, 1.807) is 24.5 Å². The molecule has 1 N–H and O–H groups in total. The third kappa shape index (κ3) is 3.88. The third-order valence-corrected chi connectivity index (χ3v) is 6.20. The van der Waals surface area contributed by atoms with Gasteiger partial charge in [-0.2, -0.15) is 4.31 Å². The first-order valence-corrected chi connectivity index (χ1v) is 9.48. The molecule has 3 rings (SSSR count). The number of hydrogen-bond acceptors (Lipinski definition) is 4. The average Bonchev–Trinajstić information content (AvgIpc) is 2.64. The Morgan fingerprint density at radius 2 is 1.77 bits per heavy atom. The number of piperidine rings is 1. The molecule has 0 atom stereocenters. The molecule has 138 valence electrons. The molecule has 1 aromatic carbocycles. The minimum Gasteiger partial charge on any atom is -0.326 e. The average molecular weight is 381 g/mol. The highest BCUT2D eigenvalue weighted by Gasteiger charge is 2.33. The van der Waals surface area contributed by atoms with Crippen LogP contribution in [0.15, 0.2) is 47.6 Å². The smallest absolute Gasteiger partial charge is 0.246 e. The topological polar surface area (TPSA) is 79.4 Å². The molecule has 1 fully saturated rings. The van der Waals surface area contributed by atoms with Crippen molar-refractivity contribution >= 4 is 21.6 Å². The van der Waals surface area contributed by atoms with E-state index >= 15 is 0 Å². The number of pyridine rings is 1. The molecule has 0 unspecified atom stereocenters. The van der Waals surface area contributed by atoms with Crippen LogP contribution in [0.3, 0.4) is 0 Å². The van der Waals surface area contributed by atoms with Gasteiger partial charge in [-0.25, -0.2) is 17.2 Å². The molecule has 26 heavy (non-hydrogen) atoms. The van der Waals surface area contributed by atoms with Gasteiger partial charge >= 0.3 is 0 Å². The van der Waals surface area contributed by atoms with Crippen molar-refractivity contribution in [3.8, 4) is 0 Å². The minimum absolute atomic E-state index is 0.0622. The van der Waals surface area contributed by atoms with E-state index in [0.717, 1.165) is 16.4 Å². The van der Waals surface area contributed by atoms with Crippen LogP contribution in [0.25, 0.3) is 0 Å². The van der Waals surface area contributed by atoms with Crippen LogP contribution < -0.4 is 5.32 Å². The van der Waals surface area contributed by atoms with Crippen molar-refractivity contribution < 1.29 is 22.0 Å². The van der Waals surface area contributed by atoms with Crippen molar-refractivity contribution in [3.63, 3.8) is 0 Å². The number of sulfonamides is 1. The van der Waals surface area contributed by atoms with Crippen LogP contribution >= 0.6 is 0 Å². The maximum atomic E-state index is 13.8. The summed E-state index contributed by atoms with van der Waals surface area (Å²) in [6, 6.07) is 5.64. The number of nitrogens with zero attached hydrogens (tertiary/aromatic N) is 2. The standard InChI is InChI=1S/C17H17F2N3O3S/c18-13-1-2-15(19)16(11-13)26(24,25)22-9-5-12(6-10-22)17(23)21-14-3-7-20-8-4-14/h1-4,7-8,11-12H,5-6,9-10H2,(H,20,21,23). The molecule has 0 radical (unpaired) electrons. The zero-order chi connectivity index (χ0) is 18.7. The summed E-state index contributed by atoms with van der Waals surface area (Å²) in [4.78, 5) is 15.5. The Kier molecular flexibility index (Phi) is 5.28. The molecule has 0 spiro atoms. The van der Waals surface area contributed by atoms with Crippen molar-refractivity contribution in [2.75, 3.05) is 18.4 Å². The summed E-state index contributed by atoms with van der Waals surface area (Å²) < 4.78 is 53.3. The van der Waals surface area contributed by atoms with Crippen LogP contribution in [0.5, 0.6) is 0 Å². The van der Waals surface area contributed by atoms with Crippen molar-refractivity contribution in [1.82, 2.24) is 9.29 Å². The van der Waals surface area contributed by atoms with Crippen molar-refractivity contribution in [3.05, 3.63) is 54.4 Å². The summed E-state index contributed by atoms with van der Waals surface area (Å²) in [6.07, 6.45) is 3.71. The Balaban J connectivity index is 1.66. The molecule has 2 aromatic rings. The number of aromatic nitrogens is 1. The first-order chi connectivity index (χ1) is 12.4. The molecular weight excluding hydrogens is 364 g/mol. The lowest BCUT2D eigenvalue weighted by Gasteiger charge is -2.30. The van der Waals surface area contributed by atoms with E-state index in [-0.39, 0.29) is 24.9 Å². The second-order valence-corrected chi connectivity index (χ2v) is 7.88. The second-order valence-electron chi connectivity index (χ2n) is 5.98. The molecule has 0 aliphatic carbocycles. The Labute approximate surface area is 149 Å². The lowest BCUT2D eigenvalue weighted by molar-refractivity contribution is -0.120. The van der Waals surface area contributed by atoms with E-state index in [1.165, 1.54) is 0 Å². The van der Waals surface area contributed by atoms with Gasteiger partial charge in [0, 0.05) is 37.1 Å². The highest BCUT2D eigenvalue weighted by atomic mass is 32.2. The van der Waals surface area contributed by atoms with Gasteiger partial charge in [0.15, 0.2) is 0 Å². The first kappa shape index (κ1) is 18.4. The molecular formula is C17H17F2N3O3S. The Hall–Kier alpha value is -2.39. The van der Waals surface area contributed by atoms with Gasteiger partial charge < -0.3 is 5.32 Å². The molecule has 0 saturated carbocycles. The van der Waals surface area contributed by atoms with Gasteiger partial charge in [-0.05, 0) is 43.2 Å². The molecule has 0 bridgehead atoms. The molecule has 1 aliphatic heterocycles. The SMILES string of the molecule is O=C(Nc1ccncc1)C1CCN(S(=O)(=O)c2cc(F)ccc2F)CC1. The molecule has 1 amide bonds. The summed E-state index contributed by atoms with van der Waals surface area (Å²) >= 11 is 0. The number of nitrogens with one attached hydrogen (secondary N) is 1. The van der Waals surface area contributed by atoms with Gasteiger partial charge in [0.2, 0.25) is 15.9 Å². The fraction of sp³-hybridized carbons (Fsp3) is 0.294. The fourth-order valence-corrected chi connectivity index (χ4v) is 4.40. The number of amides is 1. The monoisotopic (exact) mass is 381 g/mol. The van der Waals surface area contributed by atoms with Gasteiger partial charge in [-0.1, -0.05) is 0 Å². The molecule has 6 nitrogen and oxygen atoms in total. The summed E-state index contributed by atoms with van der Waals surface area (Å²) in [5.74, 6) is -2.38. The Morgan fingerprint density at radius 1 is 1.12 bits per heavy atom. The summed E-state index contributed by atoms with van der Waals surface area (Å²) in [6.45, 7) is 0.124. The highest BCUT2D eigenvalue weighted by Crippen LogP contribution is 2.26. The van der Waals surface area contributed by atoms with E-state index in [0.29, 0.717) is 24.6 Å². The van der Waals surface area contributed by atoms with Crippen LogP contribution in [-0.2, 0) is 14.8 Å². The number of carbonyl (C=O) groups excluding carboxylic acids is 1. The number of anilines is 1. The number of carbonyl (C=O) groups is 1. The van der Waals surface area contributed by atoms with Crippen molar-refractivity contribution in [2.45, 2.75) is 17.7 Å². The van der Waals surface area contributed by atoms with E-state index in [9.17, 15) is 22.0 Å². The largest absolute Gasteiger partial charge is 0.326 e. The minimum atomic E-state index is -4.14. The second kappa shape index (κ2) is 7.46. The maximum Gasteiger partial charge on any atom is 0.246 e. The third-order valence-electron chi connectivity index (χ3n) is 4.28. The zero-order valence-corrected chi connectivity index (χ0v) is 14.5. The number of benzene rings is 1. The van der Waals surface area contributed by atoms with E-state index < -0.39 is 26.6 Å². The highest BCUT2D eigenvalue weighted by molar-refractivity contribution is 7.89. The molecule has 2 heterocycles.